The quantitative estimate of drug-likeness (QED) is 0.499. The van der Waals surface area contributed by atoms with Gasteiger partial charge in [0.2, 0.25) is 0 Å². The summed E-state index contributed by atoms with van der Waals surface area (Å²) in [6.07, 6.45) is 1.47. The van der Waals surface area contributed by atoms with Crippen molar-refractivity contribution in [3.63, 3.8) is 0 Å². The van der Waals surface area contributed by atoms with Gasteiger partial charge in [-0.2, -0.15) is 5.26 Å². The number of amides is 1. The van der Waals surface area contributed by atoms with Gasteiger partial charge in [-0.3, -0.25) is 4.79 Å². The number of carbonyl (C=O) groups excluding carboxylic acids is 1. The Hall–Kier alpha value is -2.68. The summed E-state index contributed by atoms with van der Waals surface area (Å²) in [6.45, 7) is 4.70. The van der Waals surface area contributed by atoms with E-state index in [1.54, 1.807) is 30.3 Å². The molecule has 0 spiro atoms. The van der Waals surface area contributed by atoms with Crippen LogP contribution < -0.4 is 14.8 Å². The monoisotopic (exact) mass is 404 g/mol. The van der Waals surface area contributed by atoms with Gasteiger partial charge in [-0.1, -0.05) is 23.2 Å². The van der Waals surface area contributed by atoms with Crippen molar-refractivity contribution < 1.29 is 14.3 Å². The lowest BCUT2D eigenvalue weighted by atomic mass is 10.1. The highest BCUT2D eigenvalue weighted by Gasteiger charge is 2.13. The molecule has 1 N–H and O–H groups in total. The van der Waals surface area contributed by atoms with Crippen LogP contribution in [0, 0.1) is 11.3 Å². The molecule has 0 unspecified atom stereocenters. The van der Waals surface area contributed by atoms with Crippen LogP contribution in [-0.2, 0) is 4.79 Å². The Labute approximate surface area is 168 Å². The Morgan fingerprint density at radius 1 is 1.11 bits per heavy atom. The van der Waals surface area contributed by atoms with Crippen LogP contribution in [0.5, 0.6) is 11.5 Å². The molecule has 0 aliphatic rings. The van der Waals surface area contributed by atoms with E-state index in [4.69, 9.17) is 32.7 Å². The molecule has 0 bridgehead atoms. The number of nitrogens with zero attached hydrogens (tertiary/aromatic N) is 1. The van der Waals surface area contributed by atoms with Gasteiger partial charge in [0.25, 0.3) is 5.91 Å². The molecule has 0 aromatic heterocycles. The molecule has 0 radical (unpaired) electrons. The summed E-state index contributed by atoms with van der Waals surface area (Å²) in [5.41, 5.74) is 0.958. The third kappa shape index (κ3) is 5.65. The van der Waals surface area contributed by atoms with Crippen LogP contribution in [0.25, 0.3) is 6.08 Å². The summed E-state index contributed by atoms with van der Waals surface area (Å²) >= 11 is 11.8. The SMILES string of the molecule is CCOc1ccc(/C=C(\C#N)C(=O)Nc2ccc(Cl)c(Cl)c2)c(OCC)c1. The van der Waals surface area contributed by atoms with Crippen LogP contribution in [0.4, 0.5) is 5.69 Å². The minimum atomic E-state index is -0.563. The molecule has 140 valence electrons. The Balaban J connectivity index is 2.29. The average molecular weight is 405 g/mol. The van der Waals surface area contributed by atoms with Crippen LogP contribution in [0.3, 0.4) is 0 Å². The Kier molecular flexibility index (Phi) is 7.54. The predicted molar refractivity (Wildman–Crippen MR) is 107 cm³/mol. The number of carbonyl (C=O) groups is 1. The fourth-order valence-electron chi connectivity index (χ4n) is 2.25. The highest BCUT2D eigenvalue weighted by molar-refractivity contribution is 6.42. The average Bonchev–Trinajstić information content (AvgIpc) is 2.64. The maximum Gasteiger partial charge on any atom is 0.266 e. The van der Waals surface area contributed by atoms with Gasteiger partial charge in [0.15, 0.2) is 0 Å². The lowest BCUT2D eigenvalue weighted by Gasteiger charge is -2.11. The van der Waals surface area contributed by atoms with Gasteiger partial charge in [0, 0.05) is 17.3 Å². The maximum absolute atomic E-state index is 12.4. The second-order valence-corrected chi connectivity index (χ2v) is 6.13. The zero-order valence-electron chi connectivity index (χ0n) is 14.9. The van der Waals surface area contributed by atoms with E-state index in [-0.39, 0.29) is 5.57 Å². The molecule has 0 aliphatic carbocycles. The predicted octanol–water partition coefficient (Wildman–Crippen LogP) is 5.34. The van der Waals surface area contributed by atoms with Crippen molar-refractivity contribution in [1.29, 1.82) is 5.26 Å². The van der Waals surface area contributed by atoms with Gasteiger partial charge < -0.3 is 14.8 Å². The lowest BCUT2D eigenvalue weighted by molar-refractivity contribution is -0.112. The van der Waals surface area contributed by atoms with E-state index in [1.807, 2.05) is 19.9 Å². The van der Waals surface area contributed by atoms with E-state index in [1.165, 1.54) is 12.1 Å². The number of nitriles is 1. The molecule has 7 heteroatoms. The van der Waals surface area contributed by atoms with Gasteiger partial charge in [-0.05, 0) is 50.3 Å². The van der Waals surface area contributed by atoms with E-state index < -0.39 is 5.91 Å². The van der Waals surface area contributed by atoms with Gasteiger partial charge in [-0.25, -0.2) is 0 Å². The van der Waals surface area contributed by atoms with E-state index in [0.29, 0.717) is 46.0 Å². The Morgan fingerprint density at radius 2 is 1.85 bits per heavy atom. The topological polar surface area (TPSA) is 71.3 Å². The first-order chi connectivity index (χ1) is 13.0. The van der Waals surface area contributed by atoms with Gasteiger partial charge in [-0.15, -0.1) is 0 Å². The molecular weight excluding hydrogens is 387 g/mol. The zero-order valence-corrected chi connectivity index (χ0v) is 16.4. The third-order valence-corrected chi connectivity index (χ3v) is 4.18. The van der Waals surface area contributed by atoms with Crippen molar-refractivity contribution in [1.82, 2.24) is 0 Å². The first kappa shape index (κ1) is 20.6. The molecule has 5 nitrogen and oxygen atoms in total. The van der Waals surface area contributed by atoms with Crippen molar-refractivity contribution in [3.8, 4) is 17.6 Å². The Morgan fingerprint density at radius 3 is 2.48 bits per heavy atom. The highest BCUT2D eigenvalue weighted by Crippen LogP contribution is 2.28. The van der Waals surface area contributed by atoms with Gasteiger partial charge >= 0.3 is 0 Å². The van der Waals surface area contributed by atoms with Crippen LogP contribution in [-0.4, -0.2) is 19.1 Å². The Bertz CT molecular complexity index is 905. The summed E-state index contributed by atoms with van der Waals surface area (Å²) in [4.78, 5) is 12.4. The standard InChI is InChI=1S/C20H18Cl2N2O3/c1-3-26-16-7-5-13(19(11-16)27-4-2)9-14(12-23)20(25)24-15-6-8-17(21)18(22)10-15/h5-11H,3-4H2,1-2H3,(H,24,25)/b14-9+. The summed E-state index contributed by atoms with van der Waals surface area (Å²) in [5, 5.41) is 12.7. The van der Waals surface area contributed by atoms with Crippen molar-refractivity contribution >= 4 is 40.9 Å². The number of ether oxygens (including phenoxy) is 2. The number of hydrogen-bond acceptors (Lipinski definition) is 4. The molecule has 27 heavy (non-hydrogen) atoms. The molecule has 1 amide bonds. The number of hydrogen-bond donors (Lipinski definition) is 1. The molecule has 0 aliphatic heterocycles. The number of benzene rings is 2. The maximum atomic E-state index is 12.4. The van der Waals surface area contributed by atoms with E-state index >= 15 is 0 Å². The second kappa shape index (κ2) is 9.86. The summed E-state index contributed by atoms with van der Waals surface area (Å²) in [5.74, 6) is 0.614. The molecule has 0 heterocycles. The lowest BCUT2D eigenvalue weighted by Crippen LogP contribution is -2.13. The number of rotatable bonds is 7. The van der Waals surface area contributed by atoms with Crippen LogP contribution in [0.2, 0.25) is 10.0 Å². The van der Waals surface area contributed by atoms with Gasteiger partial charge in [0.05, 0.1) is 23.3 Å². The van der Waals surface area contributed by atoms with E-state index in [0.717, 1.165) is 0 Å². The molecule has 0 saturated heterocycles. The summed E-state index contributed by atoms with van der Waals surface area (Å²) in [6, 6.07) is 11.8. The van der Waals surface area contributed by atoms with Crippen molar-refractivity contribution in [2.75, 3.05) is 18.5 Å². The molecule has 0 fully saturated rings. The van der Waals surface area contributed by atoms with Crippen molar-refractivity contribution in [3.05, 3.63) is 57.6 Å². The minimum absolute atomic E-state index is 0.0776. The number of nitrogens with one attached hydrogen (secondary N) is 1. The molecule has 0 saturated carbocycles. The van der Waals surface area contributed by atoms with E-state index in [2.05, 4.69) is 5.32 Å². The zero-order chi connectivity index (χ0) is 19.8. The number of anilines is 1. The second-order valence-electron chi connectivity index (χ2n) is 5.32. The summed E-state index contributed by atoms with van der Waals surface area (Å²) in [7, 11) is 0. The normalized spacial score (nSPS) is 10.9. The molecule has 2 aromatic rings. The van der Waals surface area contributed by atoms with Crippen LogP contribution in [0.1, 0.15) is 19.4 Å². The fraction of sp³-hybridized carbons (Fsp3) is 0.200. The molecular formula is C20H18Cl2N2O3. The smallest absolute Gasteiger partial charge is 0.266 e. The summed E-state index contributed by atoms with van der Waals surface area (Å²) < 4.78 is 11.1. The molecule has 2 aromatic carbocycles. The largest absolute Gasteiger partial charge is 0.494 e. The molecule has 2 rings (SSSR count). The molecule has 0 atom stereocenters. The number of halogens is 2. The highest BCUT2D eigenvalue weighted by atomic mass is 35.5. The van der Waals surface area contributed by atoms with Crippen LogP contribution >= 0.6 is 23.2 Å². The van der Waals surface area contributed by atoms with Gasteiger partial charge in [0.1, 0.15) is 23.1 Å². The minimum Gasteiger partial charge on any atom is -0.494 e. The fourth-order valence-corrected chi connectivity index (χ4v) is 2.55. The van der Waals surface area contributed by atoms with Crippen molar-refractivity contribution in [2.45, 2.75) is 13.8 Å². The van der Waals surface area contributed by atoms with Crippen molar-refractivity contribution in [2.24, 2.45) is 0 Å². The first-order valence-electron chi connectivity index (χ1n) is 8.26. The van der Waals surface area contributed by atoms with E-state index in [9.17, 15) is 10.1 Å². The van der Waals surface area contributed by atoms with Crippen LogP contribution in [0.15, 0.2) is 42.0 Å². The third-order valence-electron chi connectivity index (χ3n) is 3.44. The first-order valence-corrected chi connectivity index (χ1v) is 9.01.